The second-order valence-corrected chi connectivity index (χ2v) is 9.45. The molecule has 0 radical (unpaired) electrons. The smallest absolute Gasteiger partial charge is 0.0723 e. The zero-order chi connectivity index (χ0) is 23.5. The van der Waals surface area contributed by atoms with E-state index in [9.17, 15) is 0 Å². The molecule has 5 rings (SSSR count). The largest absolute Gasteiger partial charge is 0.369 e. The summed E-state index contributed by atoms with van der Waals surface area (Å²) in [5.41, 5.74) is 8.25. The Hall–Kier alpha value is -3.41. The highest BCUT2D eigenvalue weighted by Gasteiger charge is 2.14. The quantitative estimate of drug-likeness (QED) is 0.421. The molecular weight excluding hydrogens is 418 g/mol. The van der Waals surface area contributed by atoms with Crippen LogP contribution in [0.4, 0.5) is 17.1 Å². The Labute approximate surface area is 202 Å². The third kappa shape index (κ3) is 4.91. The van der Waals surface area contributed by atoms with Crippen LogP contribution in [-0.2, 0) is 6.54 Å². The van der Waals surface area contributed by atoms with Crippen molar-refractivity contribution in [1.29, 1.82) is 0 Å². The van der Waals surface area contributed by atoms with Gasteiger partial charge in [-0.1, -0.05) is 30.3 Å². The SMILES string of the molecule is CN(C)Cc1ccccc1-c1ccc2nccc(Nc3ccc(N4CCN(C)CC4)cc3)c2c1. The molecular formula is C29H33N5. The molecule has 0 atom stereocenters. The molecule has 0 aliphatic carbocycles. The molecule has 0 saturated carbocycles. The van der Waals surface area contributed by atoms with Crippen LogP contribution in [0, 0.1) is 0 Å². The summed E-state index contributed by atoms with van der Waals surface area (Å²) in [6, 6.07) is 26.1. The fourth-order valence-electron chi connectivity index (χ4n) is 4.68. The number of nitrogens with one attached hydrogen (secondary N) is 1. The van der Waals surface area contributed by atoms with Gasteiger partial charge in [-0.2, -0.15) is 0 Å². The van der Waals surface area contributed by atoms with Crippen LogP contribution in [0.3, 0.4) is 0 Å². The van der Waals surface area contributed by atoms with Crippen molar-refractivity contribution >= 4 is 28.0 Å². The minimum atomic E-state index is 0.909. The van der Waals surface area contributed by atoms with Gasteiger partial charge in [-0.25, -0.2) is 0 Å². The fourth-order valence-corrected chi connectivity index (χ4v) is 4.68. The van der Waals surface area contributed by atoms with Crippen LogP contribution in [0.15, 0.2) is 79.0 Å². The molecule has 0 bridgehead atoms. The summed E-state index contributed by atoms with van der Waals surface area (Å²) in [6.07, 6.45) is 1.88. The summed E-state index contributed by atoms with van der Waals surface area (Å²) < 4.78 is 0. The first kappa shape index (κ1) is 22.4. The summed E-state index contributed by atoms with van der Waals surface area (Å²) in [6.45, 7) is 5.30. The first-order chi connectivity index (χ1) is 16.6. The minimum absolute atomic E-state index is 0.909. The van der Waals surface area contributed by atoms with Gasteiger partial charge in [0.2, 0.25) is 0 Å². The molecule has 5 heteroatoms. The first-order valence-corrected chi connectivity index (χ1v) is 12.0. The molecule has 0 amide bonds. The van der Waals surface area contributed by atoms with Crippen LogP contribution < -0.4 is 10.2 Å². The Morgan fingerprint density at radius 3 is 2.41 bits per heavy atom. The van der Waals surface area contributed by atoms with E-state index in [0.717, 1.165) is 55.0 Å². The van der Waals surface area contributed by atoms with Crippen molar-refractivity contribution in [1.82, 2.24) is 14.8 Å². The zero-order valence-electron chi connectivity index (χ0n) is 20.3. The normalized spacial score (nSPS) is 14.6. The van der Waals surface area contributed by atoms with E-state index in [1.807, 2.05) is 6.20 Å². The van der Waals surface area contributed by atoms with Crippen LogP contribution in [-0.4, -0.2) is 62.1 Å². The molecule has 5 nitrogen and oxygen atoms in total. The number of piperazine rings is 1. The topological polar surface area (TPSA) is 34.6 Å². The van der Waals surface area contributed by atoms with E-state index >= 15 is 0 Å². The van der Waals surface area contributed by atoms with Gasteiger partial charge in [0, 0.05) is 61.4 Å². The van der Waals surface area contributed by atoms with Gasteiger partial charge >= 0.3 is 0 Å². The summed E-state index contributed by atoms with van der Waals surface area (Å²) in [7, 11) is 6.41. The molecule has 1 aliphatic rings. The molecule has 3 aromatic carbocycles. The highest BCUT2D eigenvalue weighted by molar-refractivity contribution is 5.96. The molecule has 174 valence electrons. The third-order valence-corrected chi connectivity index (χ3v) is 6.57. The Balaban J connectivity index is 1.42. The molecule has 1 N–H and O–H groups in total. The molecule has 1 aliphatic heterocycles. The van der Waals surface area contributed by atoms with Crippen LogP contribution in [0.5, 0.6) is 0 Å². The molecule has 0 spiro atoms. The van der Waals surface area contributed by atoms with Crippen LogP contribution in [0.2, 0.25) is 0 Å². The Kier molecular flexibility index (Phi) is 6.48. The van der Waals surface area contributed by atoms with E-state index in [4.69, 9.17) is 0 Å². The molecule has 34 heavy (non-hydrogen) atoms. The second-order valence-electron chi connectivity index (χ2n) is 9.45. The number of fused-ring (bicyclic) bond motifs is 1. The third-order valence-electron chi connectivity index (χ3n) is 6.57. The standard InChI is InChI=1S/C29H33N5/c1-32(2)21-23-6-4-5-7-26(23)22-8-13-28-27(20-22)29(14-15-30-28)31-24-9-11-25(12-10-24)34-18-16-33(3)17-19-34/h4-15,20H,16-19,21H2,1-3H3,(H,30,31). The lowest BCUT2D eigenvalue weighted by Crippen LogP contribution is -2.44. The van der Waals surface area contributed by atoms with E-state index < -0.39 is 0 Å². The number of nitrogens with zero attached hydrogens (tertiary/aromatic N) is 4. The zero-order valence-corrected chi connectivity index (χ0v) is 20.3. The van der Waals surface area contributed by atoms with Gasteiger partial charge in [0.05, 0.1) is 5.52 Å². The average Bonchev–Trinajstić information content (AvgIpc) is 2.85. The number of hydrogen-bond donors (Lipinski definition) is 1. The summed E-state index contributed by atoms with van der Waals surface area (Å²) >= 11 is 0. The summed E-state index contributed by atoms with van der Waals surface area (Å²) in [5.74, 6) is 0. The van der Waals surface area contributed by atoms with E-state index in [2.05, 4.69) is 119 Å². The van der Waals surface area contributed by atoms with Crippen LogP contribution >= 0.6 is 0 Å². The lowest BCUT2D eigenvalue weighted by atomic mass is 9.97. The van der Waals surface area contributed by atoms with E-state index in [-0.39, 0.29) is 0 Å². The van der Waals surface area contributed by atoms with Gasteiger partial charge in [0.1, 0.15) is 0 Å². The van der Waals surface area contributed by atoms with Crippen molar-refractivity contribution in [2.45, 2.75) is 6.54 Å². The number of anilines is 3. The molecule has 1 fully saturated rings. The van der Waals surface area contributed by atoms with Crippen molar-refractivity contribution in [2.75, 3.05) is 57.5 Å². The number of benzene rings is 3. The number of aromatic nitrogens is 1. The Morgan fingerprint density at radius 2 is 1.65 bits per heavy atom. The van der Waals surface area contributed by atoms with Crippen molar-refractivity contribution in [2.24, 2.45) is 0 Å². The minimum Gasteiger partial charge on any atom is -0.369 e. The maximum Gasteiger partial charge on any atom is 0.0723 e. The van der Waals surface area contributed by atoms with Crippen molar-refractivity contribution in [3.8, 4) is 11.1 Å². The van der Waals surface area contributed by atoms with Gasteiger partial charge in [0.25, 0.3) is 0 Å². The van der Waals surface area contributed by atoms with E-state index in [1.54, 1.807) is 0 Å². The number of likely N-dealkylation sites (N-methyl/N-ethyl adjacent to an activating group) is 1. The first-order valence-electron chi connectivity index (χ1n) is 12.0. The molecule has 2 heterocycles. The van der Waals surface area contributed by atoms with Gasteiger partial charge in [-0.15, -0.1) is 0 Å². The van der Waals surface area contributed by atoms with Crippen LogP contribution in [0.25, 0.3) is 22.0 Å². The Bertz CT molecular complexity index is 1260. The maximum absolute atomic E-state index is 4.61. The highest BCUT2D eigenvalue weighted by atomic mass is 15.2. The monoisotopic (exact) mass is 451 g/mol. The van der Waals surface area contributed by atoms with Crippen LogP contribution in [0.1, 0.15) is 5.56 Å². The molecule has 0 unspecified atom stereocenters. The Morgan fingerprint density at radius 1 is 0.882 bits per heavy atom. The second kappa shape index (κ2) is 9.84. The van der Waals surface area contributed by atoms with Gasteiger partial charge < -0.3 is 20.0 Å². The van der Waals surface area contributed by atoms with Gasteiger partial charge in [0.15, 0.2) is 0 Å². The van der Waals surface area contributed by atoms with E-state index in [0.29, 0.717) is 0 Å². The molecule has 1 aromatic heterocycles. The molecule has 1 saturated heterocycles. The van der Waals surface area contributed by atoms with Crippen molar-refractivity contribution in [3.05, 3.63) is 84.6 Å². The lowest BCUT2D eigenvalue weighted by Gasteiger charge is -2.34. The highest BCUT2D eigenvalue weighted by Crippen LogP contribution is 2.32. The lowest BCUT2D eigenvalue weighted by molar-refractivity contribution is 0.313. The molecule has 4 aromatic rings. The summed E-state index contributed by atoms with van der Waals surface area (Å²) in [5, 5.41) is 4.76. The fraction of sp³-hybridized carbons (Fsp3) is 0.276. The maximum atomic E-state index is 4.61. The predicted octanol–water partition coefficient (Wildman–Crippen LogP) is 5.46. The van der Waals surface area contributed by atoms with Crippen molar-refractivity contribution in [3.63, 3.8) is 0 Å². The number of rotatable bonds is 6. The number of pyridine rings is 1. The predicted molar refractivity (Wildman–Crippen MR) is 144 cm³/mol. The average molecular weight is 452 g/mol. The van der Waals surface area contributed by atoms with Gasteiger partial charge in [-0.05, 0) is 80.3 Å². The van der Waals surface area contributed by atoms with E-state index in [1.165, 1.54) is 22.4 Å². The van der Waals surface area contributed by atoms with Crippen molar-refractivity contribution < 1.29 is 0 Å². The number of hydrogen-bond acceptors (Lipinski definition) is 5. The summed E-state index contributed by atoms with van der Waals surface area (Å²) in [4.78, 5) is 11.7. The van der Waals surface area contributed by atoms with Gasteiger partial charge in [-0.3, -0.25) is 4.98 Å².